The van der Waals surface area contributed by atoms with E-state index in [0.717, 1.165) is 32.5 Å². The van der Waals surface area contributed by atoms with Crippen LogP contribution in [0.2, 0.25) is 0 Å². The van der Waals surface area contributed by atoms with E-state index in [4.69, 9.17) is 18.0 Å². The summed E-state index contributed by atoms with van der Waals surface area (Å²) >= 11 is 6.89. The Morgan fingerprint density at radius 3 is 2.56 bits per heavy atom. The van der Waals surface area contributed by atoms with E-state index in [2.05, 4.69) is 37.8 Å². The summed E-state index contributed by atoms with van der Waals surface area (Å²) in [6.07, 6.45) is 1.94. The van der Waals surface area contributed by atoms with Crippen molar-refractivity contribution in [3.8, 4) is 0 Å². The minimum absolute atomic E-state index is 0.615. The van der Waals surface area contributed by atoms with E-state index in [0.29, 0.717) is 10.9 Å². The van der Waals surface area contributed by atoms with Crippen LogP contribution in [0, 0.1) is 5.92 Å². The Morgan fingerprint density at radius 2 is 2.06 bits per heavy atom. The molecule has 0 amide bonds. The Balaban J connectivity index is 2.56. The third-order valence-electron chi connectivity index (χ3n) is 2.74. The van der Waals surface area contributed by atoms with Crippen molar-refractivity contribution in [3.63, 3.8) is 0 Å². The summed E-state index contributed by atoms with van der Waals surface area (Å²) in [4.78, 5) is 5.97. The number of thiocarbonyl (C=S) groups is 1. The van der Waals surface area contributed by atoms with E-state index in [1.807, 2.05) is 11.3 Å². The molecule has 0 aliphatic heterocycles. The van der Waals surface area contributed by atoms with Crippen LogP contribution in [0.5, 0.6) is 0 Å². The second-order valence-corrected chi connectivity index (χ2v) is 6.84. The lowest BCUT2D eigenvalue weighted by Crippen LogP contribution is -2.30. The highest BCUT2D eigenvalue weighted by molar-refractivity contribution is 7.80. The van der Waals surface area contributed by atoms with Gasteiger partial charge in [0.25, 0.3) is 0 Å². The molecule has 2 nitrogen and oxygen atoms in total. The number of nitrogens with zero attached hydrogens (tertiary/aromatic N) is 1. The van der Waals surface area contributed by atoms with Gasteiger partial charge in [0.15, 0.2) is 0 Å². The quantitative estimate of drug-likeness (QED) is 0.741. The molecule has 0 spiro atoms. The predicted octanol–water partition coefficient (Wildman–Crippen LogP) is 3.44. The molecule has 0 bridgehead atoms. The highest BCUT2D eigenvalue weighted by atomic mass is 32.1. The first-order valence-corrected chi connectivity index (χ1v) is 7.82. The molecule has 0 saturated carbocycles. The first kappa shape index (κ1) is 15.6. The van der Waals surface area contributed by atoms with Gasteiger partial charge < -0.3 is 5.73 Å². The molecule has 1 rings (SSSR count). The molecule has 0 aromatic carbocycles. The molecule has 102 valence electrons. The first-order valence-electron chi connectivity index (χ1n) is 6.59. The normalized spacial score (nSPS) is 11.4. The van der Waals surface area contributed by atoms with Crippen LogP contribution in [-0.4, -0.2) is 23.0 Å². The molecule has 0 fully saturated rings. The van der Waals surface area contributed by atoms with Crippen LogP contribution in [-0.2, 0) is 13.0 Å². The van der Waals surface area contributed by atoms with Crippen molar-refractivity contribution < 1.29 is 0 Å². The van der Waals surface area contributed by atoms with Crippen molar-refractivity contribution >= 4 is 28.5 Å². The van der Waals surface area contributed by atoms with Crippen molar-refractivity contribution in [3.05, 3.63) is 21.9 Å². The fraction of sp³-hybridized carbons (Fsp3) is 0.643. The van der Waals surface area contributed by atoms with Gasteiger partial charge >= 0.3 is 0 Å². The van der Waals surface area contributed by atoms with Crippen molar-refractivity contribution in [2.75, 3.05) is 13.1 Å². The van der Waals surface area contributed by atoms with E-state index in [1.54, 1.807) is 0 Å². The topological polar surface area (TPSA) is 29.3 Å². The lowest BCUT2D eigenvalue weighted by molar-refractivity contribution is 0.245. The Labute approximate surface area is 120 Å². The maximum atomic E-state index is 5.60. The average molecular weight is 284 g/mol. The zero-order valence-corrected chi connectivity index (χ0v) is 13.2. The van der Waals surface area contributed by atoms with Gasteiger partial charge in [-0.15, -0.1) is 11.3 Å². The number of hydrogen-bond acceptors (Lipinski definition) is 3. The zero-order chi connectivity index (χ0) is 13.5. The standard InChI is InChI=1S/C14H24N2S2/c1-4-12-5-6-13(18-12)10-16(9-11(2)3)8-7-14(15)17/h5-6,11H,4,7-10H2,1-3H3,(H2,15,17). The summed E-state index contributed by atoms with van der Waals surface area (Å²) in [5.41, 5.74) is 5.60. The molecule has 4 heteroatoms. The second kappa shape index (κ2) is 7.87. The van der Waals surface area contributed by atoms with Gasteiger partial charge in [-0.25, -0.2) is 0 Å². The third-order valence-corrected chi connectivity index (χ3v) is 4.16. The van der Waals surface area contributed by atoms with E-state index in [9.17, 15) is 0 Å². The van der Waals surface area contributed by atoms with Crippen molar-refractivity contribution in [1.82, 2.24) is 4.90 Å². The van der Waals surface area contributed by atoms with Crippen molar-refractivity contribution in [1.29, 1.82) is 0 Å². The van der Waals surface area contributed by atoms with E-state index in [1.165, 1.54) is 9.75 Å². The van der Waals surface area contributed by atoms with Crippen molar-refractivity contribution in [2.24, 2.45) is 11.7 Å². The molecule has 0 unspecified atom stereocenters. The smallest absolute Gasteiger partial charge is 0.0740 e. The fourth-order valence-electron chi connectivity index (χ4n) is 1.94. The predicted molar refractivity (Wildman–Crippen MR) is 85.2 cm³/mol. The molecule has 1 aromatic heterocycles. The molecule has 0 atom stereocenters. The van der Waals surface area contributed by atoms with E-state index in [-0.39, 0.29) is 0 Å². The fourth-order valence-corrected chi connectivity index (χ4v) is 3.03. The highest BCUT2D eigenvalue weighted by Gasteiger charge is 2.10. The molecule has 18 heavy (non-hydrogen) atoms. The zero-order valence-electron chi connectivity index (χ0n) is 11.6. The second-order valence-electron chi connectivity index (χ2n) is 5.07. The van der Waals surface area contributed by atoms with Crippen LogP contribution < -0.4 is 5.73 Å². The summed E-state index contributed by atoms with van der Waals surface area (Å²) in [7, 11) is 0. The minimum Gasteiger partial charge on any atom is -0.393 e. The van der Waals surface area contributed by atoms with Gasteiger partial charge in [-0.2, -0.15) is 0 Å². The largest absolute Gasteiger partial charge is 0.393 e. The molecule has 2 N–H and O–H groups in total. The number of rotatable bonds is 8. The third kappa shape index (κ3) is 5.94. The van der Waals surface area contributed by atoms with Crippen LogP contribution in [0.1, 0.15) is 36.9 Å². The first-order chi connectivity index (χ1) is 8.51. The Kier molecular flexibility index (Phi) is 6.82. The van der Waals surface area contributed by atoms with Crippen LogP contribution >= 0.6 is 23.6 Å². The van der Waals surface area contributed by atoms with Gasteiger partial charge in [-0.3, -0.25) is 4.90 Å². The summed E-state index contributed by atoms with van der Waals surface area (Å²) in [5, 5.41) is 0. The van der Waals surface area contributed by atoms with Crippen LogP contribution in [0.25, 0.3) is 0 Å². The van der Waals surface area contributed by atoms with Crippen LogP contribution in [0.3, 0.4) is 0 Å². The lowest BCUT2D eigenvalue weighted by Gasteiger charge is -2.23. The number of thiophene rings is 1. The van der Waals surface area contributed by atoms with Crippen LogP contribution in [0.15, 0.2) is 12.1 Å². The molecule has 0 saturated heterocycles. The monoisotopic (exact) mass is 284 g/mol. The lowest BCUT2D eigenvalue weighted by atomic mass is 10.2. The summed E-state index contributed by atoms with van der Waals surface area (Å²) < 4.78 is 0. The van der Waals surface area contributed by atoms with E-state index < -0.39 is 0 Å². The van der Waals surface area contributed by atoms with E-state index >= 15 is 0 Å². The minimum atomic E-state index is 0.615. The van der Waals surface area contributed by atoms with Gasteiger partial charge in [0, 0.05) is 35.8 Å². The number of nitrogens with two attached hydrogens (primary N) is 1. The maximum Gasteiger partial charge on any atom is 0.0740 e. The summed E-state index contributed by atoms with van der Waals surface area (Å²) in [6, 6.07) is 4.48. The average Bonchev–Trinajstić information content (AvgIpc) is 2.73. The van der Waals surface area contributed by atoms with Crippen molar-refractivity contribution in [2.45, 2.75) is 40.2 Å². The SMILES string of the molecule is CCc1ccc(CN(CCC(N)=S)CC(C)C)s1. The molecular weight excluding hydrogens is 260 g/mol. The summed E-state index contributed by atoms with van der Waals surface area (Å²) in [5.74, 6) is 0.668. The summed E-state index contributed by atoms with van der Waals surface area (Å²) in [6.45, 7) is 9.79. The molecule has 1 aromatic rings. The van der Waals surface area contributed by atoms with Gasteiger partial charge in [-0.05, 0) is 24.5 Å². The Bertz CT molecular complexity index is 372. The van der Waals surface area contributed by atoms with Gasteiger partial charge in [0.2, 0.25) is 0 Å². The Morgan fingerprint density at radius 1 is 1.39 bits per heavy atom. The van der Waals surface area contributed by atoms with Gasteiger partial charge in [0.05, 0.1) is 4.99 Å². The molecule has 0 aliphatic rings. The van der Waals surface area contributed by atoms with Crippen LogP contribution in [0.4, 0.5) is 0 Å². The molecular formula is C14H24N2S2. The van der Waals surface area contributed by atoms with Gasteiger partial charge in [-0.1, -0.05) is 33.0 Å². The molecule has 1 heterocycles. The Hall–Kier alpha value is -0.450. The maximum absolute atomic E-state index is 5.60. The number of hydrogen-bond donors (Lipinski definition) is 1. The molecule has 0 radical (unpaired) electrons. The highest BCUT2D eigenvalue weighted by Crippen LogP contribution is 2.19. The molecule has 0 aliphatic carbocycles. The van der Waals surface area contributed by atoms with Gasteiger partial charge in [0.1, 0.15) is 0 Å². The number of aryl methyl sites for hydroxylation is 1.